The Bertz CT molecular complexity index is 1070. The van der Waals surface area contributed by atoms with Crippen LogP contribution in [-0.2, 0) is 17.7 Å². The number of amides is 1. The molecule has 0 bridgehead atoms. The normalized spacial score (nSPS) is 16.0. The Morgan fingerprint density at radius 2 is 2.03 bits per heavy atom. The zero-order chi connectivity index (χ0) is 19.8. The number of aryl methyl sites for hydroxylation is 1. The zero-order valence-electron chi connectivity index (χ0n) is 16.2. The number of ether oxygens (including phenoxy) is 1. The van der Waals surface area contributed by atoms with Crippen LogP contribution < -0.4 is 9.80 Å². The van der Waals surface area contributed by atoms with Gasteiger partial charge < -0.3 is 9.64 Å². The molecule has 0 aliphatic carbocycles. The summed E-state index contributed by atoms with van der Waals surface area (Å²) in [5.74, 6) is 1.60. The van der Waals surface area contributed by atoms with E-state index in [4.69, 9.17) is 9.72 Å². The number of hydrogen-bond donors (Lipinski definition) is 0. The number of fused-ring (bicyclic) bond motifs is 1. The molecular weight excluding hydrogens is 366 g/mol. The highest BCUT2D eigenvalue weighted by Gasteiger charge is 2.28. The number of aromatic nitrogens is 3. The van der Waals surface area contributed by atoms with E-state index >= 15 is 0 Å². The van der Waals surface area contributed by atoms with Gasteiger partial charge in [0.1, 0.15) is 12.4 Å². The van der Waals surface area contributed by atoms with Crippen LogP contribution in [0.4, 0.5) is 16.3 Å². The van der Waals surface area contributed by atoms with Crippen molar-refractivity contribution in [2.75, 3.05) is 29.5 Å². The van der Waals surface area contributed by atoms with Crippen LogP contribution >= 0.6 is 0 Å². The molecular formula is C22H21N5O2. The Kier molecular flexibility index (Phi) is 4.35. The standard InChI is InChI=1S/C22H21N5O2/c1-15-12-20(25-21(24-15)16-5-3-8-23-13-16)26-9-7-18-17(14-26)4-2-6-19(18)27-10-11-29-22(27)28/h2-6,8,12-13H,7,9-11,14H2,1H3. The predicted octanol–water partition coefficient (Wildman–Crippen LogP) is 3.37. The largest absolute Gasteiger partial charge is 0.447 e. The Morgan fingerprint density at radius 1 is 1.10 bits per heavy atom. The van der Waals surface area contributed by atoms with Crippen LogP contribution in [0.25, 0.3) is 11.4 Å². The van der Waals surface area contributed by atoms with Gasteiger partial charge in [-0.3, -0.25) is 9.88 Å². The lowest BCUT2D eigenvalue weighted by molar-refractivity contribution is 0.181. The highest BCUT2D eigenvalue weighted by molar-refractivity contribution is 5.90. The summed E-state index contributed by atoms with van der Waals surface area (Å²) >= 11 is 0. The van der Waals surface area contributed by atoms with Gasteiger partial charge in [-0.15, -0.1) is 0 Å². The summed E-state index contributed by atoms with van der Waals surface area (Å²) in [4.78, 5) is 29.6. The minimum Gasteiger partial charge on any atom is -0.447 e. The van der Waals surface area contributed by atoms with E-state index in [2.05, 4.69) is 20.9 Å². The van der Waals surface area contributed by atoms with Gasteiger partial charge >= 0.3 is 6.09 Å². The molecule has 2 aromatic heterocycles. The molecule has 2 aliphatic heterocycles. The predicted molar refractivity (Wildman–Crippen MR) is 110 cm³/mol. The van der Waals surface area contributed by atoms with Crippen molar-refractivity contribution in [2.24, 2.45) is 0 Å². The van der Waals surface area contributed by atoms with E-state index in [-0.39, 0.29) is 6.09 Å². The number of benzene rings is 1. The van der Waals surface area contributed by atoms with Gasteiger partial charge in [-0.2, -0.15) is 0 Å². The summed E-state index contributed by atoms with van der Waals surface area (Å²) < 4.78 is 5.12. The number of nitrogens with zero attached hydrogens (tertiary/aromatic N) is 5. The van der Waals surface area contributed by atoms with Gasteiger partial charge in [0.25, 0.3) is 0 Å². The lowest BCUT2D eigenvalue weighted by atomic mass is 9.97. The molecule has 146 valence electrons. The van der Waals surface area contributed by atoms with E-state index in [1.165, 1.54) is 11.1 Å². The second-order valence-electron chi connectivity index (χ2n) is 7.29. The van der Waals surface area contributed by atoms with Gasteiger partial charge in [-0.05, 0) is 42.7 Å². The molecule has 4 heterocycles. The molecule has 0 atom stereocenters. The molecule has 0 radical (unpaired) electrons. The first-order chi connectivity index (χ1) is 14.2. The molecule has 0 N–H and O–H groups in total. The first-order valence-corrected chi connectivity index (χ1v) is 9.75. The van der Waals surface area contributed by atoms with Crippen LogP contribution in [0, 0.1) is 6.92 Å². The SMILES string of the molecule is Cc1cc(N2CCc3c(cccc3N3CCOC3=O)C2)nc(-c2cccnc2)n1. The topological polar surface area (TPSA) is 71.5 Å². The summed E-state index contributed by atoms with van der Waals surface area (Å²) in [5.41, 5.74) is 5.24. The molecule has 0 unspecified atom stereocenters. The smallest absolute Gasteiger partial charge is 0.414 e. The van der Waals surface area contributed by atoms with Crippen molar-refractivity contribution in [1.82, 2.24) is 15.0 Å². The molecule has 1 saturated heterocycles. The molecule has 1 fully saturated rings. The maximum Gasteiger partial charge on any atom is 0.414 e. The number of pyridine rings is 1. The van der Waals surface area contributed by atoms with Crippen LogP contribution in [0.1, 0.15) is 16.8 Å². The summed E-state index contributed by atoms with van der Waals surface area (Å²) in [6.07, 6.45) is 4.12. The van der Waals surface area contributed by atoms with Crippen molar-refractivity contribution < 1.29 is 9.53 Å². The zero-order valence-corrected chi connectivity index (χ0v) is 16.2. The van der Waals surface area contributed by atoms with Crippen LogP contribution in [0.3, 0.4) is 0 Å². The second kappa shape index (κ2) is 7.16. The first kappa shape index (κ1) is 17.6. The summed E-state index contributed by atoms with van der Waals surface area (Å²) in [6, 6.07) is 12.0. The third-order valence-corrected chi connectivity index (χ3v) is 5.38. The van der Waals surface area contributed by atoms with Crippen molar-refractivity contribution in [3.63, 3.8) is 0 Å². The summed E-state index contributed by atoms with van der Waals surface area (Å²) in [6.45, 7) is 4.62. The van der Waals surface area contributed by atoms with Crippen LogP contribution in [0.15, 0.2) is 48.8 Å². The molecule has 7 nitrogen and oxygen atoms in total. The quantitative estimate of drug-likeness (QED) is 0.686. The van der Waals surface area contributed by atoms with E-state index in [1.54, 1.807) is 17.3 Å². The van der Waals surface area contributed by atoms with Gasteiger partial charge in [-0.1, -0.05) is 12.1 Å². The Morgan fingerprint density at radius 3 is 2.83 bits per heavy atom. The lowest BCUT2D eigenvalue weighted by Crippen LogP contribution is -2.33. The third kappa shape index (κ3) is 3.29. The first-order valence-electron chi connectivity index (χ1n) is 9.75. The molecule has 7 heteroatoms. The van der Waals surface area contributed by atoms with Crippen molar-refractivity contribution in [2.45, 2.75) is 19.9 Å². The number of carbonyl (C=O) groups excluding carboxylic acids is 1. The van der Waals surface area contributed by atoms with Gasteiger partial charge in [-0.25, -0.2) is 14.8 Å². The van der Waals surface area contributed by atoms with Crippen molar-refractivity contribution >= 4 is 17.6 Å². The maximum atomic E-state index is 12.0. The average molecular weight is 387 g/mol. The number of rotatable bonds is 3. The minimum atomic E-state index is -0.256. The summed E-state index contributed by atoms with van der Waals surface area (Å²) in [7, 11) is 0. The maximum absolute atomic E-state index is 12.0. The van der Waals surface area contributed by atoms with Crippen molar-refractivity contribution in [3.8, 4) is 11.4 Å². The second-order valence-corrected chi connectivity index (χ2v) is 7.29. The van der Waals surface area contributed by atoms with E-state index in [0.717, 1.165) is 42.3 Å². The highest BCUT2D eigenvalue weighted by Crippen LogP contribution is 2.32. The Hall–Kier alpha value is -3.48. The summed E-state index contributed by atoms with van der Waals surface area (Å²) in [5, 5.41) is 0. The average Bonchev–Trinajstić information content (AvgIpc) is 3.18. The number of hydrogen-bond acceptors (Lipinski definition) is 6. The Balaban J connectivity index is 1.46. The molecule has 29 heavy (non-hydrogen) atoms. The van der Waals surface area contributed by atoms with Crippen LogP contribution in [0.2, 0.25) is 0 Å². The van der Waals surface area contributed by atoms with Gasteiger partial charge in [0.2, 0.25) is 0 Å². The molecule has 3 aromatic rings. The van der Waals surface area contributed by atoms with Crippen LogP contribution in [0.5, 0.6) is 0 Å². The lowest BCUT2D eigenvalue weighted by Gasteiger charge is -2.32. The number of anilines is 2. The van der Waals surface area contributed by atoms with Crippen molar-refractivity contribution in [3.05, 3.63) is 65.6 Å². The fourth-order valence-electron chi connectivity index (χ4n) is 3.99. The molecule has 0 spiro atoms. The third-order valence-electron chi connectivity index (χ3n) is 5.38. The van der Waals surface area contributed by atoms with Gasteiger partial charge in [0, 0.05) is 42.8 Å². The molecule has 1 amide bonds. The number of carbonyl (C=O) groups is 1. The molecule has 5 rings (SSSR count). The Labute approximate surface area is 169 Å². The van der Waals surface area contributed by atoms with E-state index in [0.29, 0.717) is 19.0 Å². The van der Waals surface area contributed by atoms with E-state index in [1.807, 2.05) is 37.3 Å². The fraction of sp³-hybridized carbons (Fsp3) is 0.273. The van der Waals surface area contributed by atoms with Gasteiger partial charge in [0.05, 0.1) is 12.2 Å². The molecule has 0 saturated carbocycles. The van der Waals surface area contributed by atoms with Gasteiger partial charge in [0.15, 0.2) is 5.82 Å². The van der Waals surface area contributed by atoms with E-state index in [9.17, 15) is 4.79 Å². The number of cyclic esters (lactones) is 1. The van der Waals surface area contributed by atoms with Crippen molar-refractivity contribution in [1.29, 1.82) is 0 Å². The minimum absolute atomic E-state index is 0.256. The van der Waals surface area contributed by atoms with Crippen LogP contribution in [-0.4, -0.2) is 40.7 Å². The van der Waals surface area contributed by atoms with E-state index < -0.39 is 0 Å². The molecule has 1 aromatic carbocycles. The molecule has 2 aliphatic rings. The highest BCUT2D eigenvalue weighted by atomic mass is 16.6. The fourth-order valence-corrected chi connectivity index (χ4v) is 3.99. The monoisotopic (exact) mass is 387 g/mol.